The van der Waals surface area contributed by atoms with E-state index in [4.69, 9.17) is 15.5 Å². The van der Waals surface area contributed by atoms with Crippen molar-refractivity contribution in [3.8, 4) is 0 Å². The first-order valence-electron chi connectivity index (χ1n) is 11.7. The van der Waals surface area contributed by atoms with Crippen molar-refractivity contribution in [2.45, 2.75) is 48.0 Å². The van der Waals surface area contributed by atoms with Crippen LogP contribution in [-0.4, -0.2) is 56.8 Å². The van der Waals surface area contributed by atoms with Gasteiger partial charge in [-0.2, -0.15) is 13.2 Å². The summed E-state index contributed by atoms with van der Waals surface area (Å²) < 4.78 is 46.8. The lowest BCUT2D eigenvalue weighted by molar-refractivity contribution is -0.139. The van der Waals surface area contributed by atoms with Crippen LogP contribution in [0.15, 0.2) is 46.7 Å². The van der Waals surface area contributed by atoms with Gasteiger partial charge in [-0.25, -0.2) is 19.9 Å². The lowest BCUT2D eigenvalue weighted by atomic mass is 9.73. The van der Waals surface area contributed by atoms with E-state index in [1.54, 1.807) is 30.6 Å². The average Bonchev–Trinajstić information content (AvgIpc) is 3.45. The van der Waals surface area contributed by atoms with Crippen LogP contribution in [0.1, 0.15) is 25.3 Å². The molecule has 3 N–H and O–H groups in total. The molecule has 36 heavy (non-hydrogen) atoms. The zero-order valence-corrected chi connectivity index (χ0v) is 20.2. The quantitative estimate of drug-likeness (QED) is 0.414. The fourth-order valence-corrected chi connectivity index (χ4v) is 6.17. The minimum atomic E-state index is -4.54. The molecule has 0 unspecified atom stereocenters. The van der Waals surface area contributed by atoms with Crippen LogP contribution in [0.3, 0.4) is 0 Å². The summed E-state index contributed by atoms with van der Waals surface area (Å²) in [5, 5.41) is 0.788. The number of nitrogens with one attached hydrogen (secondary N) is 1. The normalized spacial score (nSPS) is 22.2. The Bertz CT molecular complexity index is 1430. The SMILES string of the molecule is C[C@@H]1OCC2(CCN(c3cnc4nc(Sc5c(C(F)(F)F)cnc6[nH]ccc56)ccc4n3)CC2)[C@@H]1N. The van der Waals surface area contributed by atoms with Crippen molar-refractivity contribution in [2.75, 3.05) is 24.6 Å². The zero-order valence-electron chi connectivity index (χ0n) is 19.4. The van der Waals surface area contributed by atoms with Crippen LogP contribution in [-0.2, 0) is 10.9 Å². The summed E-state index contributed by atoms with van der Waals surface area (Å²) in [4.78, 5) is 22.7. The molecule has 6 rings (SSSR count). The molecule has 0 radical (unpaired) electrons. The van der Waals surface area contributed by atoms with E-state index in [0.29, 0.717) is 33.8 Å². The summed E-state index contributed by atoms with van der Waals surface area (Å²) in [6.45, 7) is 4.33. The molecule has 6 heterocycles. The Morgan fingerprint density at radius 2 is 1.94 bits per heavy atom. The summed E-state index contributed by atoms with van der Waals surface area (Å²) in [6, 6.07) is 5.04. The van der Waals surface area contributed by atoms with E-state index in [0.717, 1.165) is 49.7 Å². The highest BCUT2D eigenvalue weighted by Crippen LogP contribution is 2.43. The zero-order chi connectivity index (χ0) is 25.1. The van der Waals surface area contributed by atoms with Crippen molar-refractivity contribution in [3.05, 3.63) is 42.4 Å². The molecule has 188 valence electrons. The minimum absolute atomic E-state index is 0.0149. The van der Waals surface area contributed by atoms with E-state index in [-0.39, 0.29) is 22.5 Å². The molecule has 2 aliphatic heterocycles. The molecule has 12 heteroatoms. The number of aromatic amines is 1. The number of fused-ring (bicyclic) bond motifs is 2. The largest absolute Gasteiger partial charge is 0.419 e. The third-order valence-electron chi connectivity index (χ3n) is 7.35. The highest BCUT2D eigenvalue weighted by Gasteiger charge is 2.47. The molecule has 2 atom stereocenters. The third-order valence-corrected chi connectivity index (χ3v) is 8.43. The first-order chi connectivity index (χ1) is 17.2. The first-order valence-corrected chi connectivity index (χ1v) is 12.5. The smallest absolute Gasteiger partial charge is 0.376 e. The number of nitrogens with two attached hydrogens (primary N) is 1. The number of H-pyrrole nitrogens is 1. The number of hydrogen-bond acceptors (Lipinski definition) is 8. The second-order valence-electron chi connectivity index (χ2n) is 9.45. The van der Waals surface area contributed by atoms with E-state index in [9.17, 15) is 13.2 Å². The lowest BCUT2D eigenvalue weighted by Crippen LogP contribution is -2.50. The van der Waals surface area contributed by atoms with Crippen LogP contribution in [0.5, 0.6) is 0 Å². The summed E-state index contributed by atoms with van der Waals surface area (Å²) in [5.41, 5.74) is 7.00. The number of hydrogen-bond donors (Lipinski definition) is 2. The molecule has 0 aliphatic carbocycles. The van der Waals surface area contributed by atoms with Crippen LogP contribution < -0.4 is 10.6 Å². The Labute approximate surface area is 208 Å². The van der Waals surface area contributed by atoms with E-state index in [2.05, 4.69) is 24.8 Å². The molecule has 8 nitrogen and oxygen atoms in total. The van der Waals surface area contributed by atoms with E-state index >= 15 is 0 Å². The van der Waals surface area contributed by atoms with Gasteiger partial charge < -0.3 is 20.4 Å². The third kappa shape index (κ3) is 3.97. The van der Waals surface area contributed by atoms with E-state index in [1.165, 1.54) is 0 Å². The number of pyridine rings is 2. The second-order valence-corrected chi connectivity index (χ2v) is 10.5. The summed E-state index contributed by atoms with van der Waals surface area (Å²) >= 11 is 0.940. The van der Waals surface area contributed by atoms with Gasteiger partial charge in [0.25, 0.3) is 0 Å². The molecule has 4 aromatic heterocycles. The van der Waals surface area contributed by atoms with Crippen LogP contribution in [0.25, 0.3) is 22.2 Å². The van der Waals surface area contributed by atoms with Crippen LogP contribution in [0.4, 0.5) is 19.0 Å². The van der Waals surface area contributed by atoms with Gasteiger partial charge in [0.1, 0.15) is 22.0 Å². The molecule has 2 aliphatic rings. The van der Waals surface area contributed by atoms with Gasteiger partial charge in [0.05, 0.1) is 24.5 Å². The fourth-order valence-electron chi connectivity index (χ4n) is 5.14. The monoisotopic (exact) mass is 515 g/mol. The molecule has 1 spiro atoms. The maximum Gasteiger partial charge on any atom is 0.419 e. The number of nitrogens with zero attached hydrogens (tertiary/aromatic N) is 5. The highest BCUT2D eigenvalue weighted by atomic mass is 32.2. The van der Waals surface area contributed by atoms with Crippen molar-refractivity contribution >= 4 is 39.8 Å². The van der Waals surface area contributed by atoms with Gasteiger partial charge in [0.15, 0.2) is 5.65 Å². The van der Waals surface area contributed by atoms with Crippen molar-refractivity contribution in [1.29, 1.82) is 0 Å². The van der Waals surface area contributed by atoms with Gasteiger partial charge in [0.2, 0.25) is 0 Å². The van der Waals surface area contributed by atoms with Crippen molar-refractivity contribution in [1.82, 2.24) is 24.9 Å². The number of alkyl halides is 3. The summed E-state index contributed by atoms with van der Waals surface area (Å²) in [6.07, 6.45) is 1.48. The van der Waals surface area contributed by atoms with Gasteiger partial charge in [-0.1, -0.05) is 11.8 Å². The van der Waals surface area contributed by atoms with Gasteiger partial charge in [-0.3, -0.25) is 0 Å². The standard InChI is InChI=1S/C24H24F3N7OS/c1-13-20(28)23(12-35-13)5-8-34(9-6-23)17-11-31-22-16(32-17)2-3-18(33-22)36-19-14-4-7-29-21(14)30-10-15(19)24(25,26)27/h2-4,7,10-11,13,20H,5-6,8-9,12,28H2,1H3,(H,29,30)/t13-,20+/m0/s1. The summed E-state index contributed by atoms with van der Waals surface area (Å²) in [7, 11) is 0. The van der Waals surface area contributed by atoms with Crippen molar-refractivity contribution in [2.24, 2.45) is 11.1 Å². The number of rotatable bonds is 3. The van der Waals surface area contributed by atoms with Gasteiger partial charge in [-0.15, -0.1) is 0 Å². The molecule has 4 aromatic rings. The number of anilines is 1. The number of piperidine rings is 1. The van der Waals surface area contributed by atoms with Crippen LogP contribution in [0.2, 0.25) is 0 Å². The van der Waals surface area contributed by atoms with E-state index < -0.39 is 11.7 Å². The van der Waals surface area contributed by atoms with Crippen molar-refractivity contribution < 1.29 is 17.9 Å². The molecule has 2 saturated heterocycles. The topological polar surface area (TPSA) is 106 Å². The van der Waals surface area contributed by atoms with Crippen LogP contribution in [0, 0.1) is 5.41 Å². The molecule has 0 amide bonds. The molecule has 0 saturated carbocycles. The lowest BCUT2D eigenvalue weighted by Gasteiger charge is -2.41. The molecular formula is C24H24F3N7OS. The Morgan fingerprint density at radius 3 is 2.67 bits per heavy atom. The fraction of sp³-hybridized carbons (Fsp3) is 0.417. The number of halogens is 3. The number of ether oxygens (including phenoxy) is 1. The Kier molecular flexibility index (Phi) is 5.58. The molecule has 0 bridgehead atoms. The summed E-state index contributed by atoms with van der Waals surface area (Å²) in [5.74, 6) is 0.752. The first kappa shape index (κ1) is 23.4. The molecule has 0 aromatic carbocycles. The average molecular weight is 516 g/mol. The van der Waals surface area contributed by atoms with Gasteiger partial charge in [-0.05, 0) is 38.0 Å². The minimum Gasteiger partial charge on any atom is -0.376 e. The Morgan fingerprint density at radius 1 is 1.14 bits per heavy atom. The number of aromatic nitrogens is 5. The van der Waals surface area contributed by atoms with Crippen molar-refractivity contribution in [3.63, 3.8) is 0 Å². The van der Waals surface area contributed by atoms with E-state index in [1.807, 2.05) is 6.92 Å². The predicted octanol–water partition coefficient (Wildman–Crippen LogP) is 4.40. The van der Waals surface area contributed by atoms with Gasteiger partial charge in [0, 0.05) is 47.2 Å². The maximum absolute atomic E-state index is 13.7. The molecule has 2 fully saturated rings. The maximum atomic E-state index is 13.7. The predicted molar refractivity (Wildman–Crippen MR) is 130 cm³/mol. The Balaban J connectivity index is 1.24. The second kappa shape index (κ2) is 8.56. The van der Waals surface area contributed by atoms with Crippen LogP contribution >= 0.6 is 11.8 Å². The Hall–Kier alpha value is -2.96. The highest BCUT2D eigenvalue weighted by molar-refractivity contribution is 7.99. The van der Waals surface area contributed by atoms with Gasteiger partial charge >= 0.3 is 6.18 Å². The molecular weight excluding hydrogens is 491 g/mol.